The molecule has 0 aliphatic rings. The van der Waals surface area contributed by atoms with E-state index in [1.165, 1.54) is 31.2 Å². The zero-order valence-corrected chi connectivity index (χ0v) is 19.3. The summed E-state index contributed by atoms with van der Waals surface area (Å²) in [6.45, 7) is 3.86. The number of aryl methyl sites for hydroxylation is 2. The molecule has 2 aromatic heterocycles. The maximum Gasteiger partial charge on any atom is 0.286 e. The second-order valence-electron chi connectivity index (χ2n) is 7.63. The van der Waals surface area contributed by atoms with Crippen molar-refractivity contribution in [3.63, 3.8) is 0 Å². The number of carbonyl (C=O) groups is 1. The highest BCUT2D eigenvalue weighted by Crippen LogP contribution is 2.35. The molecule has 4 rings (SSSR count). The van der Waals surface area contributed by atoms with E-state index in [0.29, 0.717) is 5.82 Å². The van der Waals surface area contributed by atoms with Crippen LogP contribution in [0.3, 0.4) is 0 Å². The van der Waals surface area contributed by atoms with Gasteiger partial charge >= 0.3 is 0 Å². The number of carbonyl (C=O) groups excluding carboxylic acids is 1. The number of nitro benzene ring substituents is 1. The first kappa shape index (κ1) is 23.2. The molecule has 0 fully saturated rings. The fraction of sp³-hybridized carbons (Fsp3) is 0.167. The zero-order chi connectivity index (χ0) is 25.3. The Balaban J connectivity index is 1.83. The van der Waals surface area contributed by atoms with E-state index in [9.17, 15) is 20.2 Å². The highest BCUT2D eigenvalue weighted by atomic mass is 16.6. The molecule has 1 amide bonds. The van der Waals surface area contributed by atoms with Gasteiger partial charge in [0.15, 0.2) is 23.1 Å². The quantitative estimate of drug-likeness (QED) is 0.326. The third-order valence-electron chi connectivity index (χ3n) is 5.52. The van der Waals surface area contributed by atoms with Crippen LogP contribution in [0, 0.1) is 35.3 Å². The van der Waals surface area contributed by atoms with E-state index in [0.717, 1.165) is 28.1 Å². The Hall–Kier alpha value is -4.98. The number of rotatable bonds is 6. The van der Waals surface area contributed by atoms with E-state index in [-0.39, 0.29) is 28.4 Å². The van der Waals surface area contributed by atoms with Crippen LogP contribution in [0.1, 0.15) is 27.0 Å². The highest BCUT2D eigenvalue weighted by molar-refractivity contribution is 6.08. The number of benzene rings is 2. The van der Waals surface area contributed by atoms with E-state index in [1.54, 1.807) is 6.07 Å². The number of nitro groups is 1. The number of nitrogens with zero attached hydrogens (tertiary/aromatic N) is 5. The fourth-order valence-corrected chi connectivity index (χ4v) is 3.75. The Morgan fingerprint density at radius 3 is 2.51 bits per heavy atom. The first-order valence-electron chi connectivity index (χ1n) is 10.4. The van der Waals surface area contributed by atoms with E-state index in [4.69, 9.17) is 9.47 Å². The van der Waals surface area contributed by atoms with Crippen LogP contribution in [0.4, 0.5) is 11.5 Å². The number of pyridine rings is 1. The third-order valence-corrected chi connectivity index (χ3v) is 5.52. The third kappa shape index (κ3) is 4.08. The monoisotopic (exact) mass is 472 g/mol. The molecule has 0 bridgehead atoms. The van der Waals surface area contributed by atoms with E-state index in [2.05, 4.69) is 15.4 Å². The average Bonchev–Trinajstić information content (AvgIpc) is 3.25. The van der Waals surface area contributed by atoms with Gasteiger partial charge in [0.1, 0.15) is 17.2 Å². The lowest BCUT2D eigenvalue weighted by molar-refractivity contribution is -0.385. The molecule has 1 N–H and O–H groups in total. The summed E-state index contributed by atoms with van der Waals surface area (Å²) in [5.74, 6) is -0.182. The number of hydrogen-bond acceptors (Lipinski definition) is 8. The van der Waals surface area contributed by atoms with Crippen LogP contribution < -0.4 is 14.8 Å². The SMILES string of the molecule is COc1cc(C(=O)Nc2c(C#N)cnn2-c2cc(C)c3cccc(C)c3n2)c([N+](=O)[O-])cc1OC. The summed E-state index contributed by atoms with van der Waals surface area (Å²) in [7, 11) is 2.68. The second kappa shape index (κ2) is 9.11. The number of methoxy groups -OCH3 is 2. The Kier molecular flexibility index (Phi) is 6.03. The van der Waals surface area contributed by atoms with Crippen molar-refractivity contribution in [3.05, 3.63) is 75.0 Å². The Labute approximate surface area is 199 Å². The number of nitrogens with one attached hydrogen (secondary N) is 1. The molecule has 0 saturated carbocycles. The standard InChI is InChI=1S/C24H20N6O5/c1-13-6-5-7-16-14(2)8-21(27-22(13)16)29-23(15(11-25)12-26-29)28-24(31)17-9-19(34-3)20(35-4)10-18(17)30(32)33/h5-10,12H,1-4H3,(H,28,31). The normalized spacial score (nSPS) is 10.6. The van der Waals surface area contributed by atoms with Crippen molar-refractivity contribution in [3.8, 4) is 23.4 Å². The Morgan fingerprint density at radius 2 is 1.86 bits per heavy atom. The van der Waals surface area contributed by atoms with Gasteiger partial charge in [-0.05, 0) is 31.0 Å². The Morgan fingerprint density at radius 1 is 1.14 bits per heavy atom. The summed E-state index contributed by atoms with van der Waals surface area (Å²) < 4.78 is 11.6. The maximum absolute atomic E-state index is 13.2. The van der Waals surface area contributed by atoms with Crippen LogP contribution in [0.2, 0.25) is 0 Å². The number of ether oxygens (including phenoxy) is 2. The molecule has 0 radical (unpaired) electrons. The zero-order valence-electron chi connectivity index (χ0n) is 19.3. The van der Waals surface area contributed by atoms with Crippen molar-refractivity contribution in [1.82, 2.24) is 14.8 Å². The van der Waals surface area contributed by atoms with Gasteiger partial charge in [-0.3, -0.25) is 14.9 Å². The molecule has 0 unspecified atom stereocenters. The van der Waals surface area contributed by atoms with Crippen LogP contribution in [-0.2, 0) is 0 Å². The molecule has 0 spiro atoms. The van der Waals surface area contributed by atoms with Gasteiger partial charge in [0.2, 0.25) is 0 Å². The van der Waals surface area contributed by atoms with Gasteiger partial charge in [-0.15, -0.1) is 0 Å². The van der Waals surface area contributed by atoms with Crippen molar-refractivity contribution in [1.29, 1.82) is 5.26 Å². The van der Waals surface area contributed by atoms with Gasteiger partial charge < -0.3 is 14.8 Å². The molecule has 0 saturated heterocycles. The highest BCUT2D eigenvalue weighted by Gasteiger charge is 2.27. The van der Waals surface area contributed by atoms with Crippen molar-refractivity contribution in [2.45, 2.75) is 13.8 Å². The number of para-hydroxylation sites is 1. The summed E-state index contributed by atoms with van der Waals surface area (Å²) in [5.41, 5.74) is 1.93. The number of nitriles is 1. The Bertz CT molecular complexity index is 1540. The van der Waals surface area contributed by atoms with Crippen LogP contribution in [0.5, 0.6) is 11.5 Å². The van der Waals surface area contributed by atoms with E-state index >= 15 is 0 Å². The number of hydrogen-bond donors (Lipinski definition) is 1. The lowest BCUT2D eigenvalue weighted by atomic mass is 10.1. The number of fused-ring (bicyclic) bond motifs is 1. The van der Waals surface area contributed by atoms with Crippen LogP contribution in [-0.4, -0.2) is 39.8 Å². The molecule has 0 aliphatic heterocycles. The van der Waals surface area contributed by atoms with Gasteiger partial charge in [0.25, 0.3) is 11.6 Å². The second-order valence-corrected chi connectivity index (χ2v) is 7.63. The molecule has 11 nitrogen and oxygen atoms in total. The van der Waals surface area contributed by atoms with Gasteiger partial charge in [-0.25, -0.2) is 4.98 Å². The summed E-state index contributed by atoms with van der Waals surface area (Å²) in [6.07, 6.45) is 1.29. The van der Waals surface area contributed by atoms with Crippen LogP contribution in [0.15, 0.2) is 42.6 Å². The minimum atomic E-state index is -0.829. The van der Waals surface area contributed by atoms with Crippen LogP contribution >= 0.6 is 0 Å². The molecule has 2 aromatic carbocycles. The molecule has 0 atom stereocenters. The number of aromatic nitrogens is 3. The topological polar surface area (TPSA) is 145 Å². The van der Waals surface area contributed by atoms with Crippen LogP contribution in [0.25, 0.3) is 16.7 Å². The first-order valence-corrected chi connectivity index (χ1v) is 10.4. The van der Waals surface area contributed by atoms with Crippen molar-refractivity contribution >= 4 is 28.3 Å². The molecular formula is C24H20N6O5. The van der Waals surface area contributed by atoms with Gasteiger partial charge in [-0.1, -0.05) is 18.2 Å². The molecule has 35 heavy (non-hydrogen) atoms. The maximum atomic E-state index is 13.2. The average molecular weight is 472 g/mol. The molecule has 4 aromatic rings. The van der Waals surface area contributed by atoms with E-state index in [1.807, 2.05) is 38.1 Å². The first-order chi connectivity index (χ1) is 16.8. The predicted molar refractivity (Wildman–Crippen MR) is 127 cm³/mol. The lowest BCUT2D eigenvalue weighted by Crippen LogP contribution is -2.18. The molecule has 2 heterocycles. The van der Waals surface area contributed by atoms with Crippen molar-refractivity contribution < 1.29 is 19.2 Å². The summed E-state index contributed by atoms with van der Waals surface area (Å²) in [5, 5.41) is 29.1. The molecule has 11 heteroatoms. The fourth-order valence-electron chi connectivity index (χ4n) is 3.75. The van der Waals surface area contributed by atoms with Crippen molar-refractivity contribution in [2.75, 3.05) is 19.5 Å². The smallest absolute Gasteiger partial charge is 0.286 e. The molecule has 0 aliphatic carbocycles. The summed E-state index contributed by atoms with van der Waals surface area (Å²) in [6, 6.07) is 11.9. The predicted octanol–water partition coefficient (Wildman–Crippen LogP) is 4.09. The summed E-state index contributed by atoms with van der Waals surface area (Å²) in [4.78, 5) is 28.8. The van der Waals surface area contributed by atoms with Gasteiger partial charge in [-0.2, -0.15) is 15.0 Å². The van der Waals surface area contributed by atoms with E-state index < -0.39 is 16.5 Å². The summed E-state index contributed by atoms with van der Waals surface area (Å²) >= 11 is 0. The molecular weight excluding hydrogens is 452 g/mol. The number of anilines is 1. The van der Waals surface area contributed by atoms with Gasteiger partial charge in [0, 0.05) is 11.5 Å². The largest absolute Gasteiger partial charge is 0.493 e. The van der Waals surface area contributed by atoms with Crippen molar-refractivity contribution in [2.24, 2.45) is 0 Å². The number of amides is 1. The minimum absolute atomic E-state index is 0.0291. The lowest BCUT2D eigenvalue weighted by Gasteiger charge is -2.13. The van der Waals surface area contributed by atoms with Gasteiger partial charge in [0.05, 0.1) is 36.9 Å². The molecule has 176 valence electrons. The minimum Gasteiger partial charge on any atom is -0.493 e.